The molecular weight excluding hydrogens is 324 g/mol. The Kier molecular flexibility index (Phi) is 13.2. The van der Waals surface area contributed by atoms with Crippen LogP contribution >= 0.6 is 12.6 Å². The van der Waals surface area contributed by atoms with Gasteiger partial charge in [0.05, 0.1) is 0 Å². The van der Waals surface area contributed by atoms with Crippen molar-refractivity contribution in [3.05, 3.63) is 66.0 Å². The highest BCUT2D eigenvalue weighted by atomic mass is 32.1. The molecule has 0 fully saturated rings. The summed E-state index contributed by atoms with van der Waals surface area (Å²) in [6.45, 7) is 12.2. The monoisotopic (exact) mass is 356 g/mol. The lowest BCUT2D eigenvalue weighted by Gasteiger charge is -1.93. The Labute approximate surface area is 158 Å². The number of hydrogen-bond donors (Lipinski definition) is 2. The maximum atomic E-state index is 4.32. The predicted octanol–water partition coefficient (Wildman–Crippen LogP) is 7.35. The van der Waals surface area contributed by atoms with Crippen LogP contribution in [0.5, 0.6) is 0 Å². The molecular formula is C22H32N2S. The third kappa shape index (κ3) is 9.16. The van der Waals surface area contributed by atoms with E-state index in [1.165, 1.54) is 5.57 Å². The van der Waals surface area contributed by atoms with Gasteiger partial charge in [-0.05, 0) is 45.4 Å². The molecule has 3 heteroatoms. The molecule has 1 heterocycles. The average molecular weight is 357 g/mol. The summed E-state index contributed by atoms with van der Waals surface area (Å²) in [4.78, 5) is 8.32. The molecule has 136 valence electrons. The number of nitrogens with zero attached hydrogens (tertiary/aromatic N) is 1. The Morgan fingerprint density at radius 3 is 2.52 bits per heavy atom. The Bertz CT molecular complexity index is 719. The molecule has 0 unspecified atom stereocenters. The van der Waals surface area contributed by atoms with Gasteiger partial charge in [0.1, 0.15) is 0 Å². The van der Waals surface area contributed by atoms with E-state index in [2.05, 4.69) is 54.7 Å². The second kappa shape index (κ2) is 14.4. The number of benzene rings is 1. The van der Waals surface area contributed by atoms with Crippen molar-refractivity contribution in [3.8, 4) is 0 Å². The van der Waals surface area contributed by atoms with Gasteiger partial charge in [0.25, 0.3) is 0 Å². The van der Waals surface area contributed by atoms with Crippen molar-refractivity contribution in [1.82, 2.24) is 4.98 Å². The predicted molar refractivity (Wildman–Crippen MR) is 118 cm³/mol. The van der Waals surface area contributed by atoms with Crippen molar-refractivity contribution in [1.29, 1.82) is 0 Å². The highest BCUT2D eigenvalue weighted by molar-refractivity contribution is 7.80. The van der Waals surface area contributed by atoms with Crippen molar-refractivity contribution in [2.24, 2.45) is 4.99 Å². The molecule has 0 aliphatic carbocycles. The van der Waals surface area contributed by atoms with Gasteiger partial charge in [-0.15, -0.1) is 12.6 Å². The third-order valence-electron chi connectivity index (χ3n) is 3.10. The topological polar surface area (TPSA) is 28.1 Å². The molecule has 0 aliphatic rings. The first-order valence-corrected chi connectivity index (χ1v) is 9.31. The lowest BCUT2D eigenvalue weighted by atomic mass is 10.2. The molecule has 0 spiro atoms. The van der Waals surface area contributed by atoms with Crippen molar-refractivity contribution in [2.75, 3.05) is 0 Å². The molecule has 1 N–H and O–H groups in total. The van der Waals surface area contributed by atoms with Gasteiger partial charge in [-0.25, -0.2) is 0 Å². The van der Waals surface area contributed by atoms with Crippen molar-refractivity contribution in [2.45, 2.75) is 52.9 Å². The summed E-state index contributed by atoms with van der Waals surface area (Å²) in [5.74, 6) is 0. The molecule has 0 aliphatic heterocycles. The van der Waals surface area contributed by atoms with E-state index in [9.17, 15) is 0 Å². The molecule has 1 aromatic carbocycles. The molecule has 2 aromatic rings. The van der Waals surface area contributed by atoms with Crippen LogP contribution < -0.4 is 0 Å². The molecule has 2 nitrogen and oxygen atoms in total. The van der Waals surface area contributed by atoms with Gasteiger partial charge in [-0.2, -0.15) is 0 Å². The average Bonchev–Trinajstić information content (AvgIpc) is 3.00. The van der Waals surface area contributed by atoms with Gasteiger partial charge >= 0.3 is 0 Å². The van der Waals surface area contributed by atoms with Crippen LogP contribution in [0.25, 0.3) is 10.9 Å². The Morgan fingerprint density at radius 2 is 1.92 bits per heavy atom. The molecule has 1 aromatic heterocycles. The summed E-state index contributed by atoms with van der Waals surface area (Å²) >= 11 is 4.32. The minimum atomic E-state index is 0.961. The summed E-state index contributed by atoms with van der Waals surface area (Å²) in [6, 6.07) is 6.02. The number of H-pyrrole nitrogens is 1. The summed E-state index contributed by atoms with van der Waals surface area (Å²) in [5.41, 5.74) is 3.55. The van der Waals surface area contributed by atoms with Crippen molar-refractivity contribution < 1.29 is 0 Å². The van der Waals surface area contributed by atoms with Crippen molar-refractivity contribution >= 4 is 29.7 Å². The van der Waals surface area contributed by atoms with Crippen LogP contribution in [0, 0.1) is 0 Å². The second-order valence-electron chi connectivity index (χ2n) is 5.09. The first-order chi connectivity index (χ1) is 12.1. The quantitative estimate of drug-likeness (QED) is 0.325. The lowest BCUT2D eigenvalue weighted by molar-refractivity contribution is 1.20. The fourth-order valence-electron chi connectivity index (χ4n) is 2.10. The molecule has 0 saturated heterocycles. The number of thiol groups is 1. The van der Waals surface area contributed by atoms with Crippen LogP contribution in [0.15, 0.2) is 70.4 Å². The number of aliphatic imine (C=N–C) groups is 1. The smallest absolute Gasteiger partial charge is 0.0461 e. The molecule has 0 saturated carbocycles. The summed E-state index contributed by atoms with van der Waals surface area (Å²) in [7, 11) is 0. The standard InChI is InChI=1S/C12H12N2S.C8H14.C2H6/c1-2-5-13-7-9-8-14-12-4-3-10(15)6-11(9)12;1-4-6-8(3)7-5-2;1-2/h2-8,14-15H,1H3;4,6-7H,5H2,1-3H3;1-2H3/b5-2+,13-7?;6-4-,8-7+;. The number of allylic oxidation sites excluding steroid dienone is 5. The molecule has 0 atom stereocenters. The summed E-state index contributed by atoms with van der Waals surface area (Å²) in [6.07, 6.45) is 15.0. The van der Waals surface area contributed by atoms with E-state index in [1.54, 1.807) is 6.20 Å². The highest BCUT2D eigenvalue weighted by Crippen LogP contribution is 2.20. The van der Waals surface area contributed by atoms with Crippen LogP contribution in [0.2, 0.25) is 0 Å². The second-order valence-corrected chi connectivity index (χ2v) is 5.61. The molecule has 25 heavy (non-hydrogen) atoms. The first kappa shape index (κ1) is 23.0. The van der Waals surface area contributed by atoms with Gasteiger partial charge in [0.2, 0.25) is 0 Å². The fourth-order valence-corrected chi connectivity index (χ4v) is 2.30. The van der Waals surface area contributed by atoms with E-state index in [-0.39, 0.29) is 0 Å². The zero-order chi connectivity index (χ0) is 19.1. The highest BCUT2D eigenvalue weighted by Gasteiger charge is 2.00. The molecule has 0 amide bonds. The minimum absolute atomic E-state index is 0.961. The number of nitrogens with one attached hydrogen (secondary N) is 1. The lowest BCUT2D eigenvalue weighted by Crippen LogP contribution is -1.76. The van der Waals surface area contributed by atoms with E-state index >= 15 is 0 Å². The van der Waals surface area contributed by atoms with Crippen LogP contribution in [-0.4, -0.2) is 11.2 Å². The third-order valence-corrected chi connectivity index (χ3v) is 3.38. The van der Waals surface area contributed by atoms with Gasteiger partial charge in [0, 0.05) is 40.0 Å². The zero-order valence-corrected chi connectivity index (χ0v) is 17.3. The Morgan fingerprint density at radius 1 is 1.20 bits per heavy atom. The Balaban J connectivity index is 0.000000493. The van der Waals surface area contributed by atoms with Gasteiger partial charge < -0.3 is 4.98 Å². The van der Waals surface area contributed by atoms with Gasteiger partial charge in [0.15, 0.2) is 0 Å². The Hall–Kier alpha value is -2.00. The van der Waals surface area contributed by atoms with Crippen LogP contribution in [0.4, 0.5) is 0 Å². The van der Waals surface area contributed by atoms with Crippen LogP contribution in [0.3, 0.4) is 0 Å². The maximum Gasteiger partial charge on any atom is 0.0461 e. The first-order valence-electron chi connectivity index (χ1n) is 8.86. The number of aromatic amines is 1. The summed E-state index contributed by atoms with van der Waals surface area (Å²) < 4.78 is 0. The van der Waals surface area contributed by atoms with E-state index in [0.717, 1.165) is 27.8 Å². The largest absolute Gasteiger partial charge is 0.361 e. The fraction of sp³-hybridized carbons (Fsp3) is 0.318. The normalized spacial score (nSPS) is 11.7. The molecule has 0 radical (unpaired) electrons. The van der Waals surface area contributed by atoms with Gasteiger partial charge in [-0.1, -0.05) is 50.6 Å². The SMILES string of the molecule is C/C=C/N=Cc1c[nH]c2ccc(S)cc12.C/C=C\C(C)=C\CC.CC. The van der Waals surface area contributed by atoms with E-state index in [1.807, 2.05) is 64.4 Å². The van der Waals surface area contributed by atoms with E-state index < -0.39 is 0 Å². The maximum absolute atomic E-state index is 4.32. The molecule has 2 rings (SSSR count). The summed E-state index contributed by atoms with van der Waals surface area (Å²) in [5, 5.41) is 1.15. The van der Waals surface area contributed by atoms with E-state index in [4.69, 9.17) is 0 Å². The zero-order valence-electron chi connectivity index (χ0n) is 16.4. The molecule has 0 bridgehead atoms. The number of rotatable bonds is 4. The van der Waals surface area contributed by atoms with E-state index in [0.29, 0.717) is 0 Å². The van der Waals surface area contributed by atoms with Crippen LogP contribution in [0.1, 0.15) is 53.5 Å². The van der Waals surface area contributed by atoms with Gasteiger partial charge in [-0.3, -0.25) is 4.99 Å². The number of hydrogen-bond acceptors (Lipinski definition) is 2. The number of aromatic nitrogens is 1. The minimum Gasteiger partial charge on any atom is -0.361 e. The van der Waals surface area contributed by atoms with Crippen molar-refractivity contribution in [3.63, 3.8) is 0 Å². The number of fused-ring (bicyclic) bond motifs is 1. The van der Waals surface area contributed by atoms with Crippen LogP contribution in [-0.2, 0) is 0 Å².